The van der Waals surface area contributed by atoms with E-state index in [4.69, 9.17) is 0 Å². The number of carbonyl (C=O) groups is 1. The van der Waals surface area contributed by atoms with Gasteiger partial charge in [0.1, 0.15) is 5.82 Å². The Hall–Kier alpha value is -2.20. The summed E-state index contributed by atoms with van der Waals surface area (Å²) in [5, 5.41) is 3.03. The molecule has 23 heavy (non-hydrogen) atoms. The molecule has 0 aliphatic rings. The van der Waals surface area contributed by atoms with Crippen LogP contribution in [0.25, 0.3) is 0 Å². The van der Waals surface area contributed by atoms with E-state index in [1.165, 1.54) is 12.1 Å². The van der Waals surface area contributed by atoms with Gasteiger partial charge in [0.15, 0.2) is 0 Å². The molecule has 122 valence electrons. The van der Waals surface area contributed by atoms with Crippen molar-refractivity contribution in [2.24, 2.45) is 0 Å². The van der Waals surface area contributed by atoms with E-state index in [1.54, 1.807) is 12.1 Å². The lowest BCUT2D eigenvalue weighted by Gasteiger charge is -2.25. The van der Waals surface area contributed by atoms with Gasteiger partial charge in [-0.15, -0.1) is 0 Å². The fourth-order valence-electron chi connectivity index (χ4n) is 2.37. The van der Waals surface area contributed by atoms with Crippen LogP contribution in [0.3, 0.4) is 0 Å². The molecule has 0 bridgehead atoms. The van der Waals surface area contributed by atoms with Crippen LogP contribution in [-0.2, 0) is 11.3 Å². The second-order valence-electron chi connectivity index (χ2n) is 5.86. The Labute approximate surface area is 137 Å². The zero-order chi connectivity index (χ0) is 16.8. The van der Waals surface area contributed by atoms with Crippen molar-refractivity contribution in [3.05, 3.63) is 71.5 Å². The maximum Gasteiger partial charge on any atom is 0.237 e. The minimum Gasteiger partial charge on any atom is -0.348 e. The Balaban J connectivity index is 1.92. The van der Waals surface area contributed by atoms with Gasteiger partial charge < -0.3 is 5.32 Å². The van der Waals surface area contributed by atoms with Gasteiger partial charge in [-0.05, 0) is 44.2 Å². The third-order valence-electron chi connectivity index (χ3n) is 4.04. The van der Waals surface area contributed by atoms with Crippen LogP contribution in [0.5, 0.6) is 0 Å². The minimum atomic E-state index is -0.272. The number of nitrogens with one attached hydrogen (secondary N) is 1. The van der Waals surface area contributed by atoms with E-state index in [-0.39, 0.29) is 23.8 Å². The van der Waals surface area contributed by atoms with Crippen LogP contribution in [0, 0.1) is 5.82 Å². The van der Waals surface area contributed by atoms with Crippen molar-refractivity contribution in [1.29, 1.82) is 0 Å². The number of amides is 1. The van der Waals surface area contributed by atoms with Crippen LogP contribution in [0.15, 0.2) is 54.6 Å². The Kier molecular flexibility index (Phi) is 5.88. The van der Waals surface area contributed by atoms with E-state index in [2.05, 4.69) is 5.32 Å². The summed E-state index contributed by atoms with van der Waals surface area (Å²) in [5.41, 5.74) is 2.05. The highest BCUT2D eigenvalue weighted by atomic mass is 19.1. The van der Waals surface area contributed by atoms with E-state index >= 15 is 0 Å². The maximum absolute atomic E-state index is 12.9. The van der Waals surface area contributed by atoms with Crippen LogP contribution in [-0.4, -0.2) is 23.9 Å². The summed E-state index contributed by atoms with van der Waals surface area (Å²) in [4.78, 5) is 14.3. The molecule has 0 aromatic heterocycles. The molecule has 0 spiro atoms. The Bertz CT molecular complexity index is 628. The molecule has 0 fully saturated rings. The van der Waals surface area contributed by atoms with Crippen molar-refractivity contribution in [2.45, 2.75) is 32.5 Å². The number of hydrogen-bond donors (Lipinski definition) is 1. The standard InChI is InChI=1S/C19H23FN2O/c1-14(17-7-5-4-6-8-17)21-19(23)15(2)22(3)13-16-9-11-18(20)12-10-16/h4-12,14-15H,13H2,1-3H3,(H,21,23). The average molecular weight is 314 g/mol. The summed E-state index contributed by atoms with van der Waals surface area (Å²) in [6.07, 6.45) is 0. The molecular weight excluding hydrogens is 291 g/mol. The molecule has 0 radical (unpaired) electrons. The van der Waals surface area contributed by atoms with E-state index < -0.39 is 0 Å². The van der Waals surface area contributed by atoms with Crippen LogP contribution < -0.4 is 5.32 Å². The quantitative estimate of drug-likeness (QED) is 0.885. The first-order valence-corrected chi connectivity index (χ1v) is 7.77. The van der Waals surface area contributed by atoms with Gasteiger partial charge in [0.05, 0.1) is 12.1 Å². The lowest BCUT2D eigenvalue weighted by atomic mass is 10.1. The SMILES string of the molecule is CC(NC(=O)C(C)N(C)Cc1ccc(F)cc1)c1ccccc1. The Morgan fingerprint density at radius 2 is 1.70 bits per heavy atom. The molecule has 2 unspecified atom stereocenters. The molecule has 1 N–H and O–H groups in total. The summed E-state index contributed by atoms with van der Waals surface area (Å²) in [6.45, 7) is 4.44. The third kappa shape index (κ3) is 4.89. The molecule has 2 rings (SSSR count). The van der Waals surface area contributed by atoms with Crippen molar-refractivity contribution in [2.75, 3.05) is 7.05 Å². The van der Waals surface area contributed by atoms with E-state index in [9.17, 15) is 9.18 Å². The van der Waals surface area contributed by atoms with E-state index in [0.717, 1.165) is 11.1 Å². The number of hydrogen-bond acceptors (Lipinski definition) is 2. The fourth-order valence-corrected chi connectivity index (χ4v) is 2.37. The molecule has 0 aliphatic heterocycles. The number of halogens is 1. The summed E-state index contributed by atoms with van der Waals surface area (Å²) >= 11 is 0. The van der Waals surface area contributed by atoms with Gasteiger partial charge in [-0.1, -0.05) is 42.5 Å². The van der Waals surface area contributed by atoms with Crippen LogP contribution in [0.1, 0.15) is 31.0 Å². The lowest BCUT2D eigenvalue weighted by Crippen LogP contribution is -2.43. The molecule has 1 amide bonds. The monoisotopic (exact) mass is 314 g/mol. The highest BCUT2D eigenvalue weighted by Crippen LogP contribution is 2.13. The normalized spacial score (nSPS) is 13.6. The molecule has 0 heterocycles. The largest absolute Gasteiger partial charge is 0.348 e. The minimum absolute atomic E-state index is 0.0223. The van der Waals surface area contributed by atoms with Gasteiger partial charge in [0, 0.05) is 6.54 Å². The van der Waals surface area contributed by atoms with E-state index in [1.807, 2.05) is 56.1 Å². The van der Waals surface area contributed by atoms with Gasteiger partial charge in [-0.2, -0.15) is 0 Å². The Morgan fingerprint density at radius 3 is 2.30 bits per heavy atom. The lowest BCUT2D eigenvalue weighted by molar-refractivity contribution is -0.126. The number of likely N-dealkylation sites (N-methyl/N-ethyl adjacent to an activating group) is 1. The number of carbonyl (C=O) groups excluding carboxylic acids is 1. The average Bonchev–Trinajstić information content (AvgIpc) is 2.56. The third-order valence-corrected chi connectivity index (χ3v) is 4.04. The number of nitrogens with zero attached hydrogens (tertiary/aromatic N) is 1. The predicted molar refractivity (Wildman–Crippen MR) is 90.3 cm³/mol. The smallest absolute Gasteiger partial charge is 0.237 e. The summed E-state index contributed by atoms with van der Waals surface area (Å²) in [7, 11) is 1.89. The van der Waals surface area contributed by atoms with Crippen LogP contribution >= 0.6 is 0 Å². The first kappa shape index (κ1) is 17.2. The highest BCUT2D eigenvalue weighted by molar-refractivity contribution is 5.81. The van der Waals surface area contributed by atoms with Gasteiger partial charge in [0.2, 0.25) is 5.91 Å². The van der Waals surface area contributed by atoms with Gasteiger partial charge >= 0.3 is 0 Å². The van der Waals surface area contributed by atoms with Gasteiger partial charge in [-0.3, -0.25) is 9.69 Å². The first-order chi connectivity index (χ1) is 11.0. The molecular formula is C19H23FN2O. The highest BCUT2D eigenvalue weighted by Gasteiger charge is 2.20. The summed E-state index contributed by atoms with van der Waals surface area (Å²) in [6, 6.07) is 15.9. The van der Waals surface area contributed by atoms with Crippen LogP contribution in [0.2, 0.25) is 0 Å². The summed E-state index contributed by atoms with van der Waals surface area (Å²) < 4.78 is 12.9. The molecule has 3 nitrogen and oxygen atoms in total. The second kappa shape index (κ2) is 7.88. The van der Waals surface area contributed by atoms with Crippen molar-refractivity contribution in [3.8, 4) is 0 Å². The van der Waals surface area contributed by atoms with Gasteiger partial charge in [-0.25, -0.2) is 4.39 Å². The zero-order valence-electron chi connectivity index (χ0n) is 13.8. The van der Waals surface area contributed by atoms with Crippen molar-refractivity contribution >= 4 is 5.91 Å². The van der Waals surface area contributed by atoms with Crippen LogP contribution in [0.4, 0.5) is 4.39 Å². The van der Waals surface area contributed by atoms with Crippen molar-refractivity contribution in [1.82, 2.24) is 10.2 Å². The maximum atomic E-state index is 12.9. The fraction of sp³-hybridized carbons (Fsp3) is 0.316. The molecule has 0 saturated heterocycles. The first-order valence-electron chi connectivity index (χ1n) is 7.77. The van der Waals surface area contributed by atoms with E-state index in [0.29, 0.717) is 6.54 Å². The molecule has 0 saturated carbocycles. The molecule has 2 aromatic rings. The summed E-state index contributed by atoms with van der Waals surface area (Å²) in [5.74, 6) is -0.273. The second-order valence-corrected chi connectivity index (χ2v) is 5.86. The zero-order valence-corrected chi connectivity index (χ0v) is 13.8. The number of benzene rings is 2. The van der Waals surface area contributed by atoms with Crippen molar-refractivity contribution in [3.63, 3.8) is 0 Å². The predicted octanol–water partition coefficient (Wildman–Crippen LogP) is 3.52. The Morgan fingerprint density at radius 1 is 1.09 bits per heavy atom. The number of rotatable bonds is 6. The molecule has 2 aromatic carbocycles. The molecule has 4 heteroatoms. The molecule has 2 atom stereocenters. The van der Waals surface area contributed by atoms with Gasteiger partial charge in [0.25, 0.3) is 0 Å². The van der Waals surface area contributed by atoms with Crippen molar-refractivity contribution < 1.29 is 9.18 Å². The molecule has 0 aliphatic carbocycles. The topological polar surface area (TPSA) is 32.3 Å².